The highest BCUT2D eigenvalue weighted by molar-refractivity contribution is 7.89. The molecule has 4 rings (SSSR count). The molecule has 0 aliphatic carbocycles. The van der Waals surface area contributed by atoms with Crippen molar-refractivity contribution in [2.24, 2.45) is 0 Å². The molecule has 0 saturated carbocycles. The van der Waals surface area contributed by atoms with Crippen LogP contribution in [0.25, 0.3) is 0 Å². The van der Waals surface area contributed by atoms with Crippen LogP contribution >= 0.6 is 0 Å². The number of piperidine rings is 1. The smallest absolute Gasteiger partial charge is 0.369 e. The van der Waals surface area contributed by atoms with E-state index >= 15 is 0 Å². The van der Waals surface area contributed by atoms with E-state index in [0.29, 0.717) is 51.7 Å². The molecular weight excluding hydrogens is 453 g/mol. The Balaban J connectivity index is 1.30. The predicted molar refractivity (Wildman–Crippen MR) is 105 cm³/mol. The molecule has 3 heterocycles. The Morgan fingerprint density at radius 2 is 1.88 bits per heavy atom. The number of amides is 3. The maximum Gasteiger partial charge on any atom is 0.416 e. The number of likely N-dealkylation sites (tertiary alicyclic amines) is 2. The fourth-order valence-corrected chi connectivity index (χ4v) is 5.56. The summed E-state index contributed by atoms with van der Waals surface area (Å²) >= 11 is 0. The van der Waals surface area contributed by atoms with Gasteiger partial charge in [-0.05, 0) is 31.0 Å². The summed E-state index contributed by atoms with van der Waals surface area (Å²) in [5.74, 6) is -0.211. The summed E-state index contributed by atoms with van der Waals surface area (Å²) < 4.78 is 71.4. The molecule has 9 nitrogen and oxygen atoms in total. The number of carbonyl (C=O) groups is 2. The van der Waals surface area contributed by atoms with Gasteiger partial charge in [0.15, 0.2) is 0 Å². The highest BCUT2D eigenvalue weighted by atomic mass is 32.2. The predicted octanol–water partition coefficient (Wildman–Crippen LogP) is 0.769. The molecule has 1 spiro atoms. The molecule has 1 aromatic rings. The van der Waals surface area contributed by atoms with Gasteiger partial charge in [-0.25, -0.2) is 17.9 Å². The molecule has 3 saturated heterocycles. The molecule has 1 aromatic carbocycles. The molecule has 13 heteroatoms. The molecule has 32 heavy (non-hydrogen) atoms. The van der Waals surface area contributed by atoms with Gasteiger partial charge in [-0.1, -0.05) is 6.07 Å². The van der Waals surface area contributed by atoms with E-state index in [4.69, 9.17) is 4.74 Å². The van der Waals surface area contributed by atoms with Crippen LogP contribution in [0.2, 0.25) is 0 Å². The molecule has 3 amide bonds. The Bertz CT molecular complexity index is 1000. The number of morpholine rings is 1. The maximum atomic E-state index is 12.9. The summed E-state index contributed by atoms with van der Waals surface area (Å²) in [6.07, 6.45) is -3.97. The highest BCUT2D eigenvalue weighted by Crippen LogP contribution is 2.31. The number of hydrogen-bond donors (Lipinski definition) is 2. The van der Waals surface area contributed by atoms with E-state index in [2.05, 4.69) is 10.0 Å². The SMILES string of the molecule is O=C1COCC2(CN(C(=O)N3CCC(NS(=O)(=O)c4cccc(C(F)(F)F)c4)CC3)C2)N1. The summed E-state index contributed by atoms with van der Waals surface area (Å²) in [6.45, 7) is 1.67. The van der Waals surface area contributed by atoms with Gasteiger partial charge in [0.25, 0.3) is 0 Å². The third-order valence-electron chi connectivity index (χ3n) is 5.83. The third kappa shape index (κ3) is 4.69. The Kier molecular flexibility index (Phi) is 5.84. The van der Waals surface area contributed by atoms with E-state index in [1.54, 1.807) is 9.80 Å². The number of alkyl halides is 3. The second kappa shape index (κ2) is 8.19. The summed E-state index contributed by atoms with van der Waals surface area (Å²) in [5, 5.41) is 2.86. The van der Waals surface area contributed by atoms with E-state index < -0.39 is 38.2 Å². The minimum absolute atomic E-state index is 0.0135. The molecule has 2 N–H and O–H groups in total. The first kappa shape index (κ1) is 22.8. The van der Waals surface area contributed by atoms with Gasteiger partial charge >= 0.3 is 12.2 Å². The molecule has 3 aliphatic heterocycles. The lowest BCUT2D eigenvalue weighted by Gasteiger charge is -2.52. The summed E-state index contributed by atoms with van der Waals surface area (Å²) in [4.78, 5) is 26.9. The number of nitrogens with zero attached hydrogens (tertiary/aromatic N) is 2. The maximum absolute atomic E-state index is 12.9. The Morgan fingerprint density at radius 1 is 1.19 bits per heavy atom. The van der Waals surface area contributed by atoms with Gasteiger partial charge in [0.1, 0.15) is 6.61 Å². The van der Waals surface area contributed by atoms with Crippen molar-refractivity contribution < 1.29 is 35.9 Å². The fraction of sp³-hybridized carbons (Fsp3) is 0.579. The van der Waals surface area contributed by atoms with Crippen molar-refractivity contribution in [2.45, 2.75) is 35.5 Å². The largest absolute Gasteiger partial charge is 0.416 e. The standard InChI is InChI=1S/C19H23F3N4O5S/c20-19(21,22)13-2-1-3-15(8-13)32(29,30)24-14-4-6-25(7-5-14)17(28)26-10-18(11-26)12-31-9-16(27)23-18/h1-3,8,14,24H,4-7,9-12H2,(H,23,27). The van der Waals surface area contributed by atoms with Crippen molar-refractivity contribution in [2.75, 3.05) is 39.4 Å². The van der Waals surface area contributed by atoms with Gasteiger partial charge in [-0.2, -0.15) is 13.2 Å². The molecule has 0 aromatic heterocycles. The zero-order chi connectivity index (χ0) is 23.1. The number of ether oxygens (including phenoxy) is 1. The number of halogens is 3. The van der Waals surface area contributed by atoms with Crippen molar-refractivity contribution in [1.29, 1.82) is 0 Å². The summed E-state index contributed by atoms with van der Waals surface area (Å²) in [6, 6.07) is 2.90. The van der Waals surface area contributed by atoms with Crippen LogP contribution in [0, 0.1) is 0 Å². The molecule has 0 bridgehead atoms. The van der Waals surface area contributed by atoms with Crippen LogP contribution in [-0.4, -0.2) is 81.1 Å². The molecule has 0 atom stereocenters. The average Bonchev–Trinajstić information content (AvgIpc) is 2.71. The van der Waals surface area contributed by atoms with E-state index in [9.17, 15) is 31.2 Å². The van der Waals surface area contributed by atoms with E-state index in [1.165, 1.54) is 0 Å². The number of carbonyl (C=O) groups excluding carboxylic acids is 2. The lowest BCUT2D eigenvalue weighted by Crippen LogP contribution is -2.76. The van der Waals surface area contributed by atoms with Crippen LogP contribution in [0.1, 0.15) is 18.4 Å². The quantitative estimate of drug-likeness (QED) is 0.670. The molecule has 3 aliphatic rings. The first-order valence-electron chi connectivity index (χ1n) is 10.1. The van der Waals surface area contributed by atoms with Crippen molar-refractivity contribution in [3.05, 3.63) is 29.8 Å². The van der Waals surface area contributed by atoms with Crippen molar-refractivity contribution in [3.8, 4) is 0 Å². The highest BCUT2D eigenvalue weighted by Gasteiger charge is 2.49. The van der Waals surface area contributed by atoms with Gasteiger partial charge in [0, 0.05) is 32.2 Å². The lowest BCUT2D eigenvalue weighted by molar-refractivity contribution is -0.141. The molecule has 176 valence electrons. The van der Waals surface area contributed by atoms with Crippen LogP contribution in [-0.2, 0) is 25.7 Å². The Labute approximate surface area is 182 Å². The molecule has 3 fully saturated rings. The second-order valence-corrected chi connectivity index (χ2v) is 10.1. The zero-order valence-corrected chi connectivity index (χ0v) is 17.8. The number of rotatable bonds is 3. The van der Waals surface area contributed by atoms with Crippen LogP contribution in [0.4, 0.5) is 18.0 Å². The van der Waals surface area contributed by atoms with Gasteiger partial charge in [-0.15, -0.1) is 0 Å². The summed E-state index contributed by atoms with van der Waals surface area (Å²) in [5.41, 5.74) is -1.57. The van der Waals surface area contributed by atoms with Crippen molar-refractivity contribution in [3.63, 3.8) is 0 Å². The van der Waals surface area contributed by atoms with Gasteiger partial charge in [-0.3, -0.25) is 4.79 Å². The zero-order valence-electron chi connectivity index (χ0n) is 17.0. The monoisotopic (exact) mass is 476 g/mol. The number of hydrogen-bond acceptors (Lipinski definition) is 5. The van der Waals surface area contributed by atoms with Gasteiger partial charge < -0.3 is 19.9 Å². The van der Waals surface area contributed by atoms with Crippen molar-refractivity contribution >= 4 is 22.0 Å². The number of benzene rings is 1. The summed E-state index contributed by atoms with van der Waals surface area (Å²) in [7, 11) is -4.13. The number of urea groups is 1. The van der Waals surface area contributed by atoms with Crippen LogP contribution in [0.5, 0.6) is 0 Å². The molecule has 0 unspecified atom stereocenters. The Morgan fingerprint density at radius 3 is 2.50 bits per heavy atom. The van der Waals surface area contributed by atoms with E-state index in [1.807, 2.05) is 0 Å². The van der Waals surface area contributed by atoms with Gasteiger partial charge in [0.05, 0.1) is 22.6 Å². The first-order valence-corrected chi connectivity index (χ1v) is 11.6. The normalized spacial score (nSPS) is 21.9. The minimum atomic E-state index is -4.64. The number of sulfonamides is 1. The fourth-order valence-electron chi connectivity index (χ4n) is 4.21. The first-order chi connectivity index (χ1) is 15.0. The van der Waals surface area contributed by atoms with Crippen LogP contribution < -0.4 is 10.0 Å². The third-order valence-corrected chi connectivity index (χ3v) is 7.35. The second-order valence-electron chi connectivity index (χ2n) is 8.37. The number of nitrogens with one attached hydrogen (secondary N) is 2. The average molecular weight is 476 g/mol. The van der Waals surface area contributed by atoms with E-state index in [-0.39, 0.29) is 18.5 Å². The topological polar surface area (TPSA) is 108 Å². The Hall–Kier alpha value is -2.38. The van der Waals surface area contributed by atoms with Gasteiger partial charge in [0.2, 0.25) is 15.9 Å². The minimum Gasteiger partial charge on any atom is -0.369 e. The van der Waals surface area contributed by atoms with E-state index in [0.717, 1.165) is 18.2 Å². The van der Waals surface area contributed by atoms with Crippen LogP contribution in [0.15, 0.2) is 29.2 Å². The van der Waals surface area contributed by atoms with Crippen molar-refractivity contribution in [1.82, 2.24) is 19.8 Å². The lowest BCUT2D eigenvalue weighted by atomic mass is 9.90. The molecular formula is C19H23F3N4O5S. The van der Waals surface area contributed by atoms with Crippen LogP contribution in [0.3, 0.4) is 0 Å². The molecule has 0 radical (unpaired) electrons.